The van der Waals surface area contributed by atoms with Gasteiger partial charge in [0.25, 0.3) is 0 Å². The summed E-state index contributed by atoms with van der Waals surface area (Å²) in [6.07, 6.45) is 5.35. The Balaban J connectivity index is 1.64. The Bertz CT molecular complexity index is 728. The van der Waals surface area contributed by atoms with Crippen LogP contribution in [0.4, 0.5) is 8.78 Å². The standard InChI is InChI=1S/C17H18ClF2N3O/c18-13-4-1-3-12(11-13)17(6-2-7-17)15(24)22-8-5-14-21-9-10-23(14)16(19)20/h1,3-4,9-11,16H,2,5-8H2,(H,22,24). The van der Waals surface area contributed by atoms with Gasteiger partial charge in [0.15, 0.2) is 0 Å². The van der Waals surface area contributed by atoms with Crippen molar-refractivity contribution < 1.29 is 13.6 Å². The van der Waals surface area contributed by atoms with E-state index >= 15 is 0 Å². The minimum absolute atomic E-state index is 0.0776. The van der Waals surface area contributed by atoms with E-state index in [0.29, 0.717) is 5.02 Å². The zero-order chi connectivity index (χ0) is 17.2. The number of imidazole rings is 1. The van der Waals surface area contributed by atoms with E-state index in [2.05, 4.69) is 10.3 Å². The number of amides is 1. The molecule has 0 unspecified atom stereocenters. The highest BCUT2D eigenvalue weighted by atomic mass is 35.5. The molecule has 4 nitrogen and oxygen atoms in total. The van der Waals surface area contributed by atoms with E-state index in [1.807, 2.05) is 18.2 Å². The predicted octanol–water partition coefficient (Wildman–Crippen LogP) is 3.71. The number of carbonyl (C=O) groups is 1. The third-order valence-corrected chi connectivity index (χ3v) is 4.85. The number of halogens is 3. The highest BCUT2D eigenvalue weighted by molar-refractivity contribution is 6.30. The third-order valence-electron chi connectivity index (χ3n) is 4.61. The minimum Gasteiger partial charge on any atom is -0.355 e. The molecule has 1 aliphatic rings. The van der Waals surface area contributed by atoms with Gasteiger partial charge >= 0.3 is 6.55 Å². The molecule has 0 spiro atoms. The van der Waals surface area contributed by atoms with E-state index in [1.165, 1.54) is 12.4 Å². The summed E-state index contributed by atoms with van der Waals surface area (Å²) in [4.78, 5) is 16.6. The fraction of sp³-hybridized carbons (Fsp3) is 0.412. The molecule has 0 bridgehead atoms. The number of hydrogen-bond donors (Lipinski definition) is 1. The summed E-state index contributed by atoms with van der Waals surface area (Å²) in [5.74, 6) is 0.182. The lowest BCUT2D eigenvalue weighted by Gasteiger charge is -2.40. The van der Waals surface area contributed by atoms with Crippen LogP contribution in [0.1, 0.15) is 37.2 Å². The van der Waals surface area contributed by atoms with Crippen LogP contribution in [0.15, 0.2) is 36.7 Å². The monoisotopic (exact) mass is 353 g/mol. The lowest BCUT2D eigenvalue weighted by atomic mass is 9.64. The van der Waals surface area contributed by atoms with Crippen LogP contribution in [0.2, 0.25) is 5.02 Å². The summed E-state index contributed by atoms with van der Waals surface area (Å²) in [6.45, 7) is -2.35. The predicted molar refractivity (Wildman–Crippen MR) is 87.2 cm³/mol. The summed E-state index contributed by atoms with van der Waals surface area (Å²) in [5.41, 5.74) is 0.357. The average molecular weight is 354 g/mol. The molecule has 0 radical (unpaired) electrons. The molecule has 2 aromatic rings. The van der Waals surface area contributed by atoms with Crippen molar-refractivity contribution in [1.82, 2.24) is 14.9 Å². The molecule has 0 atom stereocenters. The second-order valence-corrected chi connectivity index (χ2v) is 6.42. The van der Waals surface area contributed by atoms with E-state index in [1.54, 1.807) is 6.07 Å². The first-order chi connectivity index (χ1) is 11.5. The second kappa shape index (κ2) is 6.89. The maximum atomic E-state index is 12.8. The number of nitrogens with zero attached hydrogens (tertiary/aromatic N) is 2. The third kappa shape index (κ3) is 3.15. The summed E-state index contributed by atoms with van der Waals surface area (Å²) < 4.78 is 26.4. The van der Waals surface area contributed by atoms with Crippen LogP contribution in [0.3, 0.4) is 0 Å². The van der Waals surface area contributed by atoms with Crippen molar-refractivity contribution >= 4 is 17.5 Å². The smallest absolute Gasteiger partial charge is 0.319 e. The Kier molecular flexibility index (Phi) is 4.85. The normalized spacial score (nSPS) is 16.0. The Morgan fingerprint density at radius 3 is 2.83 bits per heavy atom. The summed E-state index contributed by atoms with van der Waals surface area (Å²) in [6, 6.07) is 7.35. The molecule has 1 aromatic heterocycles. The molecule has 1 saturated carbocycles. The maximum absolute atomic E-state index is 12.8. The Morgan fingerprint density at radius 2 is 2.21 bits per heavy atom. The van der Waals surface area contributed by atoms with Crippen molar-refractivity contribution in [2.24, 2.45) is 0 Å². The van der Waals surface area contributed by atoms with Gasteiger partial charge in [-0.3, -0.25) is 9.36 Å². The molecule has 1 N–H and O–H groups in total. The van der Waals surface area contributed by atoms with Gasteiger partial charge in [-0.05, 0) is 30.5 Å². The molecule has 1 aromatic carbocycles. The fourth-order valence-corrected chi connectivity index (χ4v) is 3.33. The van der Waals surface area contributed by atoms with Gasteiger partial charge in [0.05, 0.1) is 5.41 Å². The number of nitrogens with one attached hydrogen (secondary N) is 1. The number of hydrogen-bond acceptors (Lipinski definition) is 2. The van der Waals surface area contributed by atoms with Crippen LogP contribution in [-0.2, 0) is 16.6 Å². The van der Waals surface area contributed by atoms with E-state index in [4.69, 9.17) is 11.6 Å². The zero-order valence-electron chi connectivity index (χ0n) is 13.0. The molecule has 24 heavy (non-hydrogen) atoms. The van der Waals surface area contributed by atoms with Crippen LogP contribution in [0.5, 0.6) is 0 Å². The number of alkyl halides is 2. The number of benzene rings is 1. The second-order valence-electron chi connectivity index (χ2n) is 5.98. The first-order valence-electron chi connectivity index (χ1n) is 7.87. The highest BCUT2D eigenvalue weighted by Gasteiger charge is 2.45. The molecular formula is C17H18ClF2N3O. The molecule has 0 saturated heterocycles. The van der Waals surface area contributed by atoms with Gasteiger partial charge in [0, 0.05) is 30.4 Å². The molecule has 128 valence electrons. The Morgan fingerprint density at radius 1 is 1.42 bits per heavy atom. The van der Waals surface area contributed by atoms with E-state index in [-0.39, 0.29) is 24.7 Å². The average Bonchev–Trinajstić information content (AvgIpc) is 2.95. The van der Waals surface area contributed by atoms with Crippen molar-refractivity contribution in [1.29, 1.82) is 0 Å². The first kappa shape index (κ1) is 16.9. The largest absolute Gasteiger partial charge is 0.355 e. The molecule has 7 heteroatoms. The van der Waals surface area contributed by atoms with Crippen LogP contribution in [0.25, 0.3) is 0 Å². The molecule has 1 amide bonds. The molecule has 3 rings (SSSR count). The van der Waals surface area contributed by atoms with Gasteiger partial charge in [-0.15, -0.1) is 0 Å². The lowest BCUT2D eigenvalue weighted by Crippen LogP contribution is -2.49. The van der Waals surface area contributed by atoms with Crippen molar-refractivity contribution in [2.45, 2.75) is 37.6 Å². The fourth-order valence-electron chi connectivity index (χ4n) is 3.14. The van der Waals surface area contributed by atoms with Gasteiger partial charge in [0.1, 0.15) is 5.82 Å². The van der Waals surface area contributed by atoms with Crippen molar-refractivity contribution in [3.8, 4) is 0 Å². The van der Waals surface area contributed by atoms with Crippen LogP contribution in [0, 0.1) is 0 Å². The quantitative estimate of drug-likeness (QED) is 0.860. The number of rotatable bonds is 6. The van der Waals surface area contributed by atoms with Crippen LogP contribution >= 0.6 is 11.6 Å². The van der Waals surface area contributed by atoms with Crippen LogP contribution < -0.4 is 5.32 Å². The highest BCUT2D eigenvalue weighted by Crippen LogP contribution is 2.44. The number of aromatic nitrogens is 2. The van der Waals surface area contributed by atoms with E-state index in [9.17, 15) is 13.6 Å². The van der Waals surface area contributed by atoms with Gasteiger partial charge in [-0.25, -0.2) is 4.98 Å². The van der Waals surface area contributed by atoms with Gasteiger partial charge in [0.2, 0.25) is 5.91 Å². The van der Waals surface area contributed by atoms with Gasteiger partial charge < -0.3 is 5.32 Å². The summed E-state index contributed by atoms with van der Waals surface area (Å²) in [5, 5.41) is 3.47. The van der Waals surface area contributed by atoms with Gasteiger partial charge in [-0.2, -0.15) is 8.78 Å². The zero-order valence-corrected chi connectivity index (χ0v) is 13.8. The van der Waals surface area contributed by atoms with Crippen molar-refractivity contribution in [3.05, 3.63) is 53.1 Å². The Hall–Kier alpha value is -1.95. The first-order valence-corrected chi connectivity index (χ1v) is 8.25. The van der Waals surface area contributed by atoms with Gasteiger partial charge in [-0.1, -0.05) is 30.2 Å². The van der Waals surface area contributed by atoms with E-state index < -0.39 is 12.0 Å². The summed E-state index contributed by atoms with van der Waals surface area (Å²) >= 11 is 6.04. The molecule has 1 aliphatic carbocycles. The Labute approximate surface area is 143 Å². The van der Waals surface area contributed by atoms with E-state index in [0.717, 1.165) is 29.4 Å². The van der Waals surface area contributed by atoms with Crippen LogP contribution in [-0.4, -0.2) is 22.0 Å². The molecular weight excluding hydrogens is 336 g/mol. The lowest BCUT2D eigenvalue weighted by molar-refractivity contribution is -0.129. The molecule has 0 aliphatic heterocycles. The van der Waals surface area contributed by atoms with Crippen molar-refractivity contribution in [2.75, 3.05) is 6.54 Å². The van der Waals surface area contributed by atoms with Crippen molar-refractivity contribution in [3.63, 3.8) is 0 Å². The topological polar surface area (TPSA) is 46.9 Å². The minimum atomic E-state index is -2.62. The number of carbonyl (C=O) groups excluding carboxylic acids is 1. The summed E-state index contributed by atoms with van der Waals surface area (Å²) in [7, 11) is 0. The molecule has 1 fully saturated rings. The SMILES string of the molecule is O=C(NCCc1nccn1C(F)F)C1(c2cccc(Cl)c2)CCC1. The maximum Gasteiger partial charge on any atom is 0.319 e. The molecule has 1 heterocycles.